The van der Waals surface area contributed by atoms with Crippen LogP contribution in [0.2, 0.25) is 0 Å². The van der Waals surface area contributed by atoms with E-state index in [0.29, 0.717) is 5.57 Å². The Kier molecular flexibility index (Phi) is 7.43. The summed E-state index contributed by atoms with van der Waals surface area (Å²) in [5.41, 5.74) is 4.78. The van der Waals surface area contributed by atoms with Crippen molar-refractivity contribution < 1.29 is 15.0 Å². The molecule has 3 heteroatoms. The monoisotopic (exact) mass is 330 g/mol. The zero-order valence-electron chi connectivity index (χ0n) is 15.5. The Bertz CT molecular complexity index is 625. The van der Waals surface area contributed by atoms with E-state index in [4.69, 9.17) is 5.11 Å². The number of aliphatic hydroxyl groups excluding tert-OH is 1. The van der Waals surface area contributed by atoms with Crippen molar-refractivity contribution in [3.8, 4) is 0 Å². The third kappa shape index (κ3) is 5.64. The van der Waals surface area contributed by atoms with E-state index in [0.717, 1.165) is 12.0 Å². The first-order valence-electron chi connectivity index (χ1n) is 8.47. The lowest BCUT2D eigenvalue weighted by atomic mass is 9.72. The number of carboxylic acid groups (broad SMARTS) is 1. The number of hydrogen-bond acceptors (Lipinski definition) is 2. The van der Waals surface area contributed by atoms with Crippen LogP contribution in [-0.4, -0.2) is 22.8 Å². The molecule has 0 saturated carbocycles. The van der Waals surface area contributed by atoms with Gasteiger partial charge in [0.1, 0.15) is 0 Å². The normalized spacial score (nSPS) is 20.0. The molecule has 1 rings (SSSR count). The van der Waals surface area contributed by atoms with E-state index in [-0.39, 0.29) is 17.6 Å². The van der Waals surface area contributed by atoms with Gasteiger partial charge in [0.2, 0.25) is 0 Å². The molecule has 2 N–H and O–H groups in total. The van der Waals surface area contributed by atoms with Gasteiger partial charge in [-0.2, -0.15) is 0 Å². The van der Waals surface area contributed by atoms with Crippen molar-refractivity contribution in [1.29, 1.82) is 0 Å². The Hall–Kier alpha value is -1.87. The van der Waals surface area contributed by atoms with Gasteiger partial charge in [0.05, 0.1) is 12.2 Å². The van der Waals surface area contributed by atoms with Crippen LogP contribution in [0, 0.1) is 5.41 Å². The van der Waals surface area contributed by atoms with Gasteiger partial charge in [0, 0.05) is 0 Å². The van der Waals surface area contributed by atoms with E-state index < -0.39 is 5.97 Å². The molecule has 0 radical (unpaired) electrons. The van der Waals surface area contributed by atoms with Crippen molar-refractivity contribution in [2.24, 2.45) is 5.41 Å². The predicted octanol–water partition coefficient (Wildman–Crippen LogP) is 4.97. The Morgan fingerprint density at radius 2 is 1.92 bits per heavy atom. The van der Waals surface area contributed by atoms with Gasteiger partial charge in [0.15, 0.2) is 0 Å². The van der Waals surface area contributed by atoms with Gasteiger partial charge < -0.3 is 10.2 Å². The Labute approximate surface area is 145 Å². The van der Waals surface area contributed by atoms with E-state index in [1.54, 1.807) is 19.1 Å². The summed E-state index contributed by atoms with van der Waals surface area (Å²) in [5.74, 6) is -0.989. The van der Waals surface area contributed by atoms with Gasteiger partial charge in [-0.05, 0) is 62.7 Å². The van der Waals surface area contributed by atoms with Crippen molar-refractivity contribution in [3.63, 3.8) is 0 Å². The van der Waals surface area contributed by atoms with Crippen LogP contribution in [0.5, 0.6) is 0 Å². The maximum absolute atomic E-state index is 11.3. The summed E-state index contributed by atoms with van der Waals surface area (Å²) in [7, 11) is 0. The van der Waals surface area contributed by atoms with Gasteiger partial charge in [-0.1, -0.05) is 49.3 Å². The maximum atomic E-state index is 11.3. The molecule has 132 valence electrons. The quantitative estimate of drug-likeness (QED) is 0.534. The first-order valence-corrected chi connectivity index (χ1v) is 8.47. The smallest absolute Gasteiger partial charge is 0.335 e. The highest BCUT2D eigenvalue weighted by Crippen LogP contribution is 2.40. The lowest BCUT2D eigenvalue weighted by Gasteiger charge is -2.32. The summed E-state index contributed by atoms with van der Waals surface area (Å²) in [5, 5.41) is 18.2. The fraction of sp³-hybridized carbons (Fsp3) is 0.476. The van der Waals surface area contributed by atoms with E-state index in [1.807, 2.05) is 13.0 Å². The molecule has 3 nitrogen and oxygen atoms in total. The number of allylic oxidation sites excluding steroid dienone is 7. The number of aliphatic hydroxyl groups is 1. The molecule has 0 atom stereocenters. The van der Waals surface area contributed by atoms with Crippen molar-refractivity contribution in [2.45, 2.75) is 53.9 Å². The van der Waals surface area contributed by atoms with E-state index >= 15 is 0 Å². The molecule has 0 aromatic rings. The van der Waals surface area contributed by atoms with Gasteiger partial charge >= 0.3 is 5.97 Å². The van der Waals surface area contributed by atoms with Gasteiger partial charge in [0.25, 0.3) is 0 Å². The highest BCUT2D eigenvalue weighted by atomic mass is 16.4. The molecule has 0 aromatic carbocycles. The summed E-state index contributed by atoms with van der Waals surface area (Å²) >= 11 is 0. The van der Waals surface area contributed by atoms with Crippen molar-refractivity contribution >= 4 is 5.97 Å². The van der Waals surface area contributed by atoms with Crippen LogP contribution in [-0.2, 0) is 4.79 Å². The third-order valence-electron chi connectivity index (χ3n) is 4.62. The first kappa shape index (κ1) is 20.2. The van der Waals surface area contributed by atoms with E-state index in [1.165, 1.54) is 30.1 Å². The second-order valence-electron chi connectivity index (χ2n) is 7.13. The summed E-state index contributed by atoms with van der Waals surface area (Å²) < 4.78 is 0. The van der Waals surface area contributed by atoms with Crippen LogP contribution in [0.1, 0.15) is 53.9 Å². The summed E-state index contributed by atoms with van der Waals surface area (Å²) in [6.07, 6.45) is 12.7. The summed E-state index contributed by atoms with van der Waals surface area (Å²) in [4.78, 5) is 11.3. The SMILES string of the molecule is CC(C=CC1=C(C)CCCC1(C)C)=CC=C(C(=O)O)C(C)=CCO. The molecule has 0 amide bonds. The van der Waals surface area contributed by atoms with Gasteiger partial charge in [-0.25, -0.2) is 4.79 Å². The number of rotatable bonds is 6. The molecule has 0 bridgehead atoms. The second-order valence-corrected chi connectivity index (χ2v) is 7.13. The fourth-order valence-corrected chi connectivity index (χ4v) is 3.11. The fourth-order valence-electron chi connectivity index (χ4n) is 3.11. The van der Waals surface area contributed by atoms with Gasteiger partial charge in [-0.15, -0.1) is 0 Å². The van der Waals surface area contributed by atoms with E-state index in [9.17, 15) is 9.90 Å². The molecule has 24 heavy (non-hydrogen) atoms. The molecule has 0 aliphatic heterocycles. The zero-order valence-corrected chi connectivity index (χ0v) is 15.5. The lowest BCUT2D eigenvalue weighted by Crippen LogP contribution is -2.19. The molecule has 1 aliphatic rings. The molecule has 0 spiro atoms. The number of carboxylic acids is 1. The second kappa shape index (κ2) is 8.84. The van der Waals surface area contributed by atoms with Crippen molar-refractivity contribution in [3.05, 3.63) is 58.2 Å². The van der Waals surface area contributed by atoms with Crippen LogP contribution >= 0.6 is 0 Å². The topological polar surface area (TPSA) is 57.5 Å². The van der Waals surface area contributed by atoms with Crippen LogP contribution < -0.4 is 0 Å². The zero-order chi connectivity index (χ0) is 18.3. The molecule has 0 saturated heterocycles. The molecule has 0 heterocycles. The minimum atomic E-state index is -0.989. The molecular formula is C21H30O3. The summed E-state index contributed by atoms with van der Waals surface area (Å²) in [6.45, 7) is 10.2. The standard InChI is InChI=1S/C21H30O3/c1-15(8-10-18(20(23)24)16(2)12-14-22)9-11-19-17(3)7-6-13-21(19,4)5/h8-12,22H,6-7,13-14H2,1-5H3,(H,23,24). The Morgan fingerprint density at radius 1 is 1.25 bits per heavy atom. The highest BCUT2D eigenvalue weighted by molar-refractivity contribution is 5.91. The van der Waals surface area contributed by atoms with Crippen LogP contribution in [0.15, 0.2) is 58.2 Å². The first-order chi connectivity index (χ1) is 11.2. The largest absolute Gasteiger partial charge is 0.478 e. The molecule has 0 aromatic heterocycles. The molecule has 1 aliphatic carbocycles. The average Bonchev–Trinajstić information content (AvgIpc) is 2.46. The third-order valence-corrected chi connectivity index (χ3v) is 4.62. The van der Waals surface area contributed by atoms with Crippen molar-refractivity contribution in [2.75, 3.05) is 6.61 Å². The maximum Gasteiger partial charge on any atom is 0.335 e. The minimum absolute atomic E-state index is 0.165. The van der Waals surface area contributed by atoms with Crippen LogP contribution in [0.4, 0.5) is 0 Å². The molecule has 0 fully saturated rings. The highest BCUT2D eigenvalue weighted by Gasteiger charge is 2.26. The van der Waals surface area contributed by atoms with Crippen LogP contribution in [0.3, 0.4) is 0 Å². The predicted molar refractivity (Wildman–Crippen MR) is 99.8 cm³/mol. The van der Waals surface area contributed by atoms with Crippen LogP contribution in [0.25, 0.3) is 0 Å². The Morgan fingerprint density at radius 3 is 2.46 bits per heavy atom. The number of carbonyl (C=O) groups is 1. The van der Waals surface area contributed by atoms with Crippen molar-refractivity contribution in [1.82, 2.24) is 0 Å². The average molecular weight is 330 g/mol. The lowest BCUT2D eigenvalue weighted by molar-refractivity contribution is -0.132. The Balaban J connectivity index is 3.03. The molecular weight excluding hydrogens is 300 g/mol. The van der Waals surface area contributed by atoms with E-state index in [2.05, 4.69) is 26.8 Å². The van der Waals surface area contributed by atoms with Gasteiger partial charge in [-0.3, -0.25) is 0 Å². The molecule has 0 unspecified atom stereocenters. The number of aliphatic carboxylic acids is 1. The number of hydrogen-bond donors (Lipinski definition) is 2. The minimum Gasteiger partial charge on any atom is -0.478 e. The summed E-state index contributed by atoms with van der Waals surface area (Å²) in [6, 6.07) is 0.